The van der Waals surface area contributed by atoms with Crippen LogP contribution >= 0.6 is 7.92 Å². The van der Waals surface area contributed by atoms with Crippen LogP contribution in [-0.2, 0) is 21.3 Å². The summed E-state index contributed by atoms with van der Waals surface area (Å²) in [5, 5.41) is 12.8. The SMILES string of the molecule is Cc1c[c-]ccc1.[N-]=C=C(C(=O)C(F)(F)C(F)(F)C(F)(F)C(F)(F)C(F)(F)C(F)(F)C(F)(F)F)C1=NCCC1.[Ni+2].c1ccc(P(c2ccccc2)c2ccccc2)cc1. The van der Waals surface area contributed by atoms with Crippen LogP contribution in [0.25, 0.3) is 5.41 Å². The molecule has 1 heterocycles. The number of hydrogen-bond donors (Lipinski definition) is 0. The van der Waals surface area contributed by atoms with Crippen LogP contribution in [0.15, 0.2) is 126 Å². The number of rotatable bonds is 11. The third-order valence-corrected chi connectivity index (χ3v) is 10.5. The van der Waals surface area contributed by atoms with Gasteiger partial charge in [-0.25, -0.2) is 0 Å². The molecule has 0 aliphatic carbocycles. The number of hydrogen-bond acceptors (Lipinski definition) is 2. The fourth-order valence-corrected chi connectivity index (χ4v) is 7.22. The fourth-order valence-electron chi connectivity index (χ4n) is 4.92. The quantitative estimate of drug-likeness (QED) is 0.0369. The molecule has 0 amide bonds. The van der Waals surface area contributed by atoms with E-state index in [0.29, 0.717) is 5.87 Å². The Morgan fingerprint density at radius 1 is 0.627 bits per heavy atom. The van der Waals surface area contributed by atoms with E-state index in [1.165, 1.54) is 21.5 Å². The molecule has 1 aliphatic heterocycles. The standard InChI is InChI=1S/C18H15P.C14H6F15N2O.C7H7.Ni/c1-4-10-16(11-5-1)19(17-12-6-2-7-13-17)18-14-8-3-9-15-18;15-8(16,7(32)5(4-30)6-2-1-3-31-6)9(17,18)10(19,20)11(21,22)12(23,24)13(25,26)14(27,28)29;1-7-5-3-2-4-6-7;/h1-15H;1-3H2;2-3,5-6H,1H3;/q;2*-1;+2. The number of Topliss-reactive ketones (excluding diaryl/α,β-unsaturated/α-hetero) is 1. The molecule has 4 aromatic rings. The van der Waals surface area contributed by atoms with E-state index in [-0.39, 0.29) is 29.5 Å². The summed E-state index contributed by atoms with van der Waals surface area (Å²) in [4.78, 5) is 14.8. The van der Waals surface area contributed by atoms with Crippen molar-refractivity contribution in [3.8, 4) is 0 Å². The molecule has 0 saturated carbocycles. The largest absolute Gasteiger partial charge is 2.00 e. The molecule has 0 aromatic heterocycles. The number of allylic oxidation sites excluding steroid dienone is 1. The van der Waals surface area contributed by atoms with Gasteiger partial charge in [0.1, 0.15) is 0 Å². The van der Waals surface area contributed by atoms with Crippen molar-refractivity contribution in [1.82, 2.24) is 0 Å². The Hall–Kier alpha value is -4.46. The van der Waals surface area contributed by atoms with Crippen molar-refractivity contribution in [3.63, 3.8) is 0 Å². The smallest absolute Gasteiger partial charge is 0.763 e. The van der Waals surface area contributed by atoms with Gasteiger partial charge in [-0.15, -0.1) is 0 Å². The number of ketones is 1. The summed E-state index contributed by atoms with van der Waals surface area (Å²) in [6, 6.07) is 43.2. The Bertz CT molecular complexity index is 1950. The van der Waals surface area contributed by atoms with Crippen molar-refractivity contribution in [2.75, 3.05) is 6.54 Å². The number of carbonyl (C=O) groups excluding carboxylic acids is 1. The first kappa shape index (κ1) is 50.7. The molecule has 0 unspecified atom stereocenters. The van der Waals surface area contributed by atoms with Gasteiger partial charge < -0.3 is 5.41 Å². The number of carbonyl (C=O) groups is 1. The number of benzene rings is 4. The van der Waals surface area contributed by atoms with Crippen molar-refractivity contribution in [1.29, 1.82) is 0 Å². The van der Waals surface area contributed by atoms with E-state index in [4.69, 9.17) is 5.41 Å². The minimum absolute atomic E-state index is 0. The van der Waals surface area contributed by atoms with E-state index >= 15 is 0 Å². The Balaban J connectivity index is 0.000000369. The molecule has 0 N–H and O–H groups in total. The predicted octanol–water partition coefficient (Wildman–Crippen LogP) is 10.6. The van der Waals surface area contributed by atoms with Crippen LogP contribution in [0.5, 0.6) is 0 Å². The van der Waals surface area contributed by atoms with E-state index in [0.717, 1.165) is 0 Å². The first-order chi connectivity index (χ1) is 26.8. The van der Waals surface area contributed by atoms with Crippen LogP contribution in [0.3, 0.4) is 0 Å². The zero-order chi connectivity index (χ0) is 43.8. The maximum atomic E-state index is 13.8. The first-order valence-electron chi connectivity index (χ1n) is 16.4. The summed E-state index contributed by atoms with van der Waals surface area (Å²) in [7, 11) is -0.446. The van der Waals surface area contributed by atoms with Crippen molar-refractivity contribution in [2.24, 2.45) is 4.99 Å². The summed E-state index contributed by atoms with van der Waals surface area (Å²) in [6.07, 6.45) is -8.31. The first-order valence-corrected chi connectivity index (χ1v) is 17.7. The van der Waals surface area contributed by atoms with Crippen molar-refractivity contribution < 1.29 is 87.1 Å². The number of aryl methyl sites for hydroxylation is 1. The topological polar surface area (TPSA) is 51.7 Å². The van der Waals surface area contributed by atoms with Gasteiger partial charge in [0.2, 0.25) is 5.78 Å². The van der Waals surface area contributed by atoms with Crippen LogP contribution in [0.1, 0.15) is 18.4 Å². The summed E-state index contributed by atoms with van der Waals surface area (Å²) in [6.45, 7) is 1.78. The molecule has 0 spiro atoms. The molecule has 4 aromatic carbocycles. The van der Waals surface area contributed by atoms with Gasteiger partial charge in [0.15, 0.2) is 0 Å². The average Bonchev–Trinajstić information content (AvgIpc) is 3.71. The molecule has 59 heavy (non-hydrogen) atoms. The molecular formula is C39H28F15N2NiOP. The number of alkyl halides is 15. The van der Waals surface area contributed by atoms with Crippen molar-refractivity contribution in [2.45, 2.75) is 61.5 Å². The molecule has 0 radical (unpaired) electrons. The number of halogens is 15. The Morgan fingerprint density at radius 2 is 1.03 bits per heavy atom. The van der Waals surface area contributed by atoms with Crippen molar-refractivity contribution >= 4 is 41.2 Å². The van der Waals surface area contributed by atoms with Gasteiger partial charge in [0.05, 0.1) is 11.3 Å². The van der Waals surface area contributed by atoms with Gasteiger partial charge in [-0.3, -0.25) is 15.7 Å². The average molecular weight is 915 g/mol. The third kappa shape index (κ3) is 10.5. The summed E-state index contributed by atoms with van der Waals surface area (Å²) < 4.78 is 197. The van der Waals surface area contributed by atoms with E-state index in [1.54, 1.807) is 0 Å². The van der Waals surface area contributed by atoms with Gasteiger partial charge in [-0.2, -0.15) is 102 Å². The zero-order valence-electron chi connectivity index (χ0n) is 29.8. The van der Waals surface area contributed by atoms with Crippen LogP contribution in [0.2, 0.25) is 0 Å². The number of nitrogens with zero attached hydrogens (tertiary/aromatic N) is 2. The second-order valence-corrected chi connectivity index (χ2v) is 14.3. The van der Waals surface area contributed by atoms with Crippen LogP contribution < -0.4 is 15.9 Å². The Morgan fingerprint density at radius 3 is 1.34 bits per heavy atom. The molecule has 1 aliphatic rings. The molecular weight excluding hydrogens is 887 g/mol. The van der Waals surface area contributed by atoms with Crippen LogP contribution in [0.4, 0.5) is 65.9 Å². The Labute approximate surface area is 338 Å². The minimum Gasteiger partial charge on any atom is -0.763 e. The van der Waals surface area contributed by atoms with Crippen LogP contribution in [0, 0.1) is 13.0 Å². The van der Waals surface area contributed by atoms with Gasteiger partial charge in [0.25, 0.3) is 0 Å². The second kappa shape index (κ2) is 19.7. The molecule has 320 valence electrons. The van der Waals surface area contributed by atoms with Crippen molar-refractivity contribution in [3.05, 3.63) is 138 Å². The molecule has 3 nitrogen and oxygen atoms in total. The second-order valence-electron chi connectivity index (χ2n) is 12.1. The monoisotopic (exact) mass is 914 g/mol. The number of aliphatic imine (C=N–C) groups is 1. The van der Waals surface area contributed by atoms with Gasteiger partial charge in [-0.1, -0.05) is 97.9 Å². The molecule has 20 heteroatoms. The molecule has 0 fully saturated rings. The molecule has 5 rings (SSSR count). The van der Waals surface area contributed by atoms with Gasteiger partial charge >= 0.3 is 58.2 Å². The van der Waals surface area contributed by atoms with Gasteiger partial charge in [-0.05, 0) is 36.7 Å². The van der Waals surface area contributed by atoms with E-state index in [2.05, 4.69) is 115 Å². The van der Waals surface area contributed by atoms with E-state index in [1.807, 2.05) is 18.2 Å². The summed E-state index contributed by atoms with van der Waals surface area (Å²) in [5.41, 5.74) is -1.75. The predicted molar refractivity (Wildman–Crippen MR) is 189 cm³/mol. The van der Waals surface area contributed by atoms with Crippen LogP contribution in [-0.4, -0.2) is 65.6 Å². The summed E-state index contributed by atoms with van der Waals surface area (Å²) >= 11 is 0. The summed E-state index contributed by atoms with van der Waals surface area (Å²) in [5.74, 6) is -51.6. The maximum absolute atomic E-state index is 13.8. The molecule has 0 bridgehead atoms. The normalized spacial score (nSPS) is 13.7. The fraction of sp³-hybridized carbons (Fsp3) is 0.282. The Kier molecular flexibility index (Phi) is 17.0. The molecule has 0 atom stereocenters. The van der Waals surface area contributed by atoms with E-state index < -0.39 is 73.1 Å². The van der Waals surface area contributed by atoms with Gasteiger partial charge in [0, 0.05) is 6.54 Å². The van der Waals surface area contributed by atoms with E-state index in [9.17, 15) is 70.7 Å². The third-order valence-electron chi connectivity index (χ3n) is 8.02. The maximum Gasteiger partial charge on any atom is 2.00 e. The minimum atomic E-state index is -8.50. The zero-order valence-corrected chi connectivity index (χ0v) is 31.7. The molecule has 0 saturated heterocycles.